The maximum atomic E-state index is 11.6. The van der Waals surface area contributed by atoms with E-state index in [1.807, 2.05) is 0 Å². The van der Waals surface area contributed by atoms with Gasteiger partial charge in [0.25, 0.3) is 10.1 Å². The minimum Gasteiger partial charge on any atom is -0.872 e. The third-order valence-corrected chi connectivity index (χ3v) is 5.10. The maximum Gasteiger partial charge on any atom is 1.00 e. The van der Waals surface area contributed by atoms with Crippen LogP contribution in [0.2, 0.25) is 0 Å². The summed E-state index contributed by atoms with van der Waals surface area (Å²) in [6.07, 6.45) is 12.5. The molecular formula is C18H29KO4S. The van der Waals surface area contributed by atoms with Crippen LogP contribution < -0.4 is 56.5 Å². The summed E-state index contributed by atoms with van der Waals surface area (Å²) in [5.41, 5.74) is 0.430. The monoisotopic (exact) mass is 380 g/mol. The molecule has 0 radical (unpaired) electrons. The van der Waals surface area contributed by atoms with E-state index < -0.39 is 20.8 Å². The van der Waals surface area contributed by atoms with Crippen molar-refractivity contribution in [2.45, 2.75) is 82.4 Å². The van der Waals surface area contributed by atoms with Gasteiger partial charge in [0.1, 0.15) is 0 Å². The molecule has 0 spiro atoms. The predicted molar refractivity (Wildman–Crippen MR) is 91.3 cm³/mol. The first-order valence-corrected chi connectivity index (χ1v) is 10.2. The average molecular weight is 381 g/mol. The third kappa shape index (κ3) is 9.90. The second-order valence-corrected chi connectivity index (χ2v) is 7.51. The van der Waals surface area contributed by atoms with Gasteiger partial charge in [0, 0.05) is 0 Å². The standard InChI is InChI=1S/C18H30O4S.K/c1-2-3-4-5-6-7-8-9-10-11-13-16-14-12-15-17(19)18(16)23(20,21)22;/h12,14-15,19H,2-11,13H2,1H3,(H,20,21,22);/q;+1/p-1. The molecule has 1 rings (SSSR count). The first-order chi connectivity index (χ1) is 11.0. The van der Waals surface area contributed by atoms with E-state index in [1.165, 1.54) is 51.0 Å². The molecule has 0 aliphatic rings. The van der Waals surface area contributed by atoms with Crippen molar-refractivity contribution in [3.8, 4) is 5.75 Å². The zero-order valence-corrected chi connectivity index (χ0v) is 19.0. The third-order valence-electron chi connectivity index (χ3n) is 4.12. The molecule has 0 aliphatic carbocycles. The normalized spacial score (nSPS) is 11.2. The molecule has 6 heteroatoms. The summed E-state index contributed by atoms with van der Waals surface area (Å²) >= 11 is 0. The number of hydrogen-bond donors (Lipinski definition) is 1. The Morgan fingerprint density at radius 1 is 0.917 bits per heavy atom. The minimum absolute atomic E-state index is 0. The van der Waals surface area contributed by atoms with Crippen LogP contribution in [0.1, 0.15) is 76.7 Å². The van der Waals surface area contributed by atoms with Crippen molar-refractivity contribution in [1.29, 1.82) is 0 Å². The summed E-state index contributed by atoms with van der Waals surface area (Å²) < 4.78 is 31.8. The van der Waals surface area contributed by atoms with Crippen LogP contribution in [0.25, 0.3) is 0 Å². The van der Waals surface area contributed by atoms with Crippen molar-refractivity contribution in [2.75, 3.05) is 0 Å². The second-order valence-electron chi connectivity index (χ2n) is 6.15. The van der Waals surface area contributed by atoms with Gasteiger partial charge in [-0.15, -0.1) is 0 Å². The van der Waals surface area contributed by atoms with Crippen molar-refractivity contribution in [3.05, 3.63) is 23.8 Å². The first-order valence-electron chi connectivity index (χ1n) is 8.73. The number of hydrogen-bond acceptors (Lipinski definition) is 3. The van der Waals surface area contributed by atoms with Crippen molar-refractivity contribution in [3.63, 3.8) is 0 Å². The molecule has 4 nitrogen and oxygen atoms in total. The number of unbranched alkanes of at least 4 members (excludes halogenated alkanes) is 9. The number of rotatable bonds is 12. The Bertz CT molecular complexity index is 558. The van der Waals surface area contributed by atoms with Crippen LogP contribution >= 0.6 is 0 Å². The van der Waals surface area contributed by atoms with Crippen LogP contribution in [0.3, 0.4) is 0 Å². The predicted octanol–water partition coefficient (Wildman–Crippen LogP) is 1.47. The summed E-state index contributed by atoms with van der Waals surface area (Å²) in [7, 11) is -4.44. The van der Waals surface area contributed by atoms with Crippen LogP contribution in [0, 0.1) is 0 Å². The molecule has 0 saturated heterocycles. The Labute approximate surface area is 189 Å². The first kappa shape index (κ1) is 24.6. The molecule has 1 aromatic rings. The fourth-order valence-electron chi connectivity index (χ4n) is 2.85. The summed E-state index contributed by atoms with van der Waals surface area (Å²) in [6, 6.07) is 4.33. The van der Waals surface area contributed by atoms with Crippen LogP contribution in [0.15, 0.2) is 23.1 Å². The number of aryl methyl sites for hydroxylation is 1. The summed E-state index contributed by atoms with van der Waals surface area (Å²) in [5.74, 6) is -0.628. The van der Waals surface area contributed by atoms with E-state index in [0.717, 1.165) is 19.3 Å². The Balaban J connectivity index is 0.00000529. The Hall–Kier alpha value is 0.566. The van der Waals surface area contributed by atoms with Crippen LogP contribution in [0.4, 0.5) is 0 Å². The molecule has 0 saturated carbocycles. The van der Waals surface area contributed by atoms with Crippen molar-refractivity contribution >= 4 is 10.1 Å². The quantitative estimate of drug-likeness (QED) is 0.338. The van der Waals surface area contributed by atoms with Gasteiger partial charge in [-0.1, -0.05) is 88.7 Å². The van der Waals surface area contributed by atoms with Crippen molar-refractivity contribution in [1.82, 2.24) is 0 Å². The van der Waals surface area contributed by atoms with Crippen LogP contribution in [-0.4, -0.2) is 13.0 Å². The molecule has 1 aromatic carbocycles. The molecule has 0 atom stereocenters. The SMILES string of the molecule is CCCCCCCCCCCCc1cccc([O-])c1S(=O)(=O)O.[K+]. The molecule has 0 unspecified atom stereocenters. The maximum absolute atomic E-state index is 11.6. The molecule has 0 amide bonds. The summed E-state index contributed by atoms with van der Waals surface area (Å²) in [6.45, 7) is 2.22. The molecule has 1 N–H and O–H groups in total. The molecular weight excluding hydrogens is 351 g/mol. The molecule has 0 aromatic heterocycles. The Kier molecular flexibility index (Phi) is 14.1. The zero-order chi connectivity index (χ0) is 17.1. The van der Waals surface area contributed by atoms with E-state index >= 15 is 0 Å². The van der Waals surface area contributed by atoms with Crippen LogP contribution in [0.5, 0.6) is 5.75 Å². The minimum atomic E-state index is -4.44. The topological polar surface area (TPSA) is 77.4 Å². The fourth-order valence-corrected chi connectivity index (χ4v) is 3.68. The average Bonchev–Trinajstić information content (AvgIpc) is 2.48. The van der Waals surface area contributed by atoms with Gasteiger partial charge >= 0.3 is 51.4 Å². The zero-order valence-electron chi connectivity index (χ0n) is 15.1. The van der Waals surface area contributed by atoms with E-state index in [1.54, 1.807) is 12.1 Å². The molecule has 0 aliphatic heterocycles. The molecule has 132 valence electrons. The van der Waals surface area contributed by atoms with E-state index in [0.29, 0.717) is 12.0 Å². The summed E-state index contributed by atoms with van der Waals surface area (Å²) in [4.78, 5) is -0.448. The van der Waals surface area contributed by atoms with Gasteiger partial charge in [-0.3, -0.25) is 4.55 Å². The van der Waals surface area contributed by atoms with Gasteiger partial charge in [0.15, 0.2) is 0 Å². The van der Waals surface area contributed by atoms with E-state index in [-0.39, 0.29) is 51.4 Å². The van der Waals surface area contributed by atoms with Crippen molar-refractivity contribution in [2.24, 2.45) is 0 Å². The Morgan fingerprint density at radius 3 is 1.92 bits per heavy atom. The smallest absolute Gasteiger partial charge is 0.872 e. The summed E-state index contributed by atoms with van der Waals surface area (Å²) in [5, 5.41) is 11.6. The molecule has 0 fully saturated rings. The largest absolute Gasteiger partial charge is 1.00 e. The Morgan fingerprint density at radius 2 is 1.42 bits per heavy atom. The van der Waals surface area contributed by atoms with Gasteiger partial charge in [-0.05, 0) is 18.4 Å². The van der Waals surface area contributed by atoms with Gasteiger partial charge < -0.3 is 5.11 Å². The molecule has 0 bridgehead atoms. The molecule has 24 heavy (non-hydrogen) atoms. The van der Waals surface area contributed by atoms with Gasteiger partial charge in [0.2, 0.25) is 0 Å². The van der Waals surface area contributed by atoms with E-state index in [9.17, 15) is 18.1 Å². The fraction of sp³-hybridized carbons (Fsp3) is 0.667. The second kappa shape index (κ2) is 13.7. The molecule has 0 heterocycles. The van der Waals surface area contributed by atoms with E-state index in [4.69, 9.17) is 0 Å². The van der Waals surface area contributed by atoms with Crippen LogP contribution in [-0.2, 0) is 16.5 Å². The van der Waals surface area contributed by atoms with Gasteiger partial charge in [-0.2, -0.15) is 8.42 Å². The van der Waals surface area contributed by atoms with Gasteiger partial charge in [-0.25, -0.2) is 0 Å². The number of benzene rings is 1. The van der Waals surface area contributed by atoms with Crippen molar-refractivity contribution < 1.29 is 69.5 Å². The van der Waals surface area contributed by atoms with Gasteiger partial charge in [0.05, 0.1) is 4.90 Å². The van der Waals surface area contributed by atoms with E-state index in [2.05, 4.69) is 6.92 Å².